The Labute approximate surface area is 238 Å². The molecule has 0 spiro atoms. The summed E-state index contributed by atoms with van der Waals surface area (Å²) in [4.78, 5) is 30.1. The molecule has 1 heterocycles. The Morgan fingerprint density at radius 2 is 1.27 bits per heavy atom. The predicted octanol–water partition coefficient (Wildman–Crippen LogP) is 5.43. The molecule has 0 saturated carbocycles. The number of carbonyl (C=O) groups is 1. The van der Waals surface area contributed by atoms with Gasteiger partial charge in [-0.25, -0.2) is 9.78 Å². The van der Waals surface area contributed by atoms with Crippen molar-refractivity contribution in [2.75, 3.05) is 18.5 Å². The Kier molecular flexibility index (Phi) is 8.79. The minimum atomic E-state index is -1.02. The van der Waals surface area contributed by atoms with Crippen molar-refractivity contribution in [2.24, 2.45) is 0 Å². The minimum Gasteiger partial charge on any atom is -0.396 e. The van der Waals surface area contributed by atoms with E-state index in [0.29, 0.717) is 5.56 Å². The highest BCUT2D eigenvalue weighted by molar-refractivity contribution is 6.03. The highest BCUT2D eigenvalue weighted by Gasteiger charge is 2.38. The molecule has 206 valence electrons. The van der Waals surface area contributed by atoms with Crippen LogP contribution in [0.4, 0.5) is 5.82 Å². The third-order valence-electron chi connectivity index (χ3n) is 7.02. The molecule has 5 rings (SSSR count). The summed E-state index contributed by atoms with van der Waals surface area (Å²) in [6, 6.07) is 39.5. The first-order valence-corrected chi connectivity index (χ1v) is 13.5. The summed E-state index contributed by atoms with van der Waals surface area (Å²) in [5.74, 6) is -0.0912. The molecule has 7 heteroatoms. The van der Waals surface area contributed by atoms with E-state index in [0.717, 1.165) is 16.7 Å². The van der Waals surface area contributed by atoms with Crippen molar-refractivity contribution in [3.05, 3.63) is 166 Å². The largest absolute Gasteiger partial charge is 0.396 e. The molecule has 0 aliphatic rings. The standard InChI is InChI=1S/C34H31N3O4/c38-24-22-30(37-31(21-23-35-33(37)40)36-32(39)26-13-5-1-6-14-26)25-41-34(27-15-7-2-8-16-27,28-17-9-3-10-18-28)29-19-11-4-12-20-29/h1-21,23,30,38H,22,24-25H2,(H,36,39). The zero-order valence-electron chi connectivity index (χ0n) is 22.5. The quantitative estimate of drug-likeness (QED) is 0.216. The average molecular weight is 546 g/mol. The van der Waals surface area contributed by atoms with Crippen LogP contribution in [0.15, 0.2) is 138 Å². The lowest BCUT2D eigenvalue weighted by atomic mass is 9.80. The predicted molar refractivity (Wildman–Crippen MR) is 159 cm³/mol. The molecule has 1 unspecified atom stereocenters. The van der Waals surface area contributed by atoms with Gasteiger partial charge in [-0.1, -0.05) is 109 Å². The van der Waals surface area contributed by atoms with Gasteiger partial charge < -0.3 is 15.2 Å². The number of benzene rings is 4. The van der Waals surface area contributed by atoms with Crippen LogP contribution in [0.25, 0.3) is 0 Å². The first kappa shape index (κ1) is 27.7. The van der Waals surface area contributed by atoms with Crippen molar-refractivity contribution >= 4 is 11.7 Å². The lowest BCUT2D eigenvalue weighted by molar-refractivity contribution is -0.00986. The van der Waals surface area contributed by atoms with E-state index in [-0.39, 0.29) is 31.4 Å². The molecule has 4 aromatic carbocycles. The van der Waals surface area contributed by atoms with E-state index in [1.54, 1.807) is 30.3 Å². The van der Waals surface area contributed by atoms with Crippen LogP contribution < -0.4 is 11.0 Å². The fourth-order valence-corrected chi connectivity index (χ4v) is 5.08. The van der Waals surface area contributed by atoms with Crippen molar-refractivity contribution in [2.45, 2.75) is 18.1 Å². The molecular weight excluding hydrogens is 514 g/mol. The maximum absolute atomic E-state index is 13.2. The molecule has 0 bridgehead atoms. The molecule has 0 aliphatic heterocycles. The summed E-state index contributed by atoms with van der Waals surface area (Å²) in [6.45, 7) is -0.157. The van der Waals surface area contributed by atoms with Crippen LogP contribution in [0.3, 0.4) is 0 Å². The second-order valence-electron chi connectivity index (χ2n) is 9.56. The second kappa shape index (κ2) is 13.0. The number of aromatic nitrogens is 2. The number of aliphatic hydroxyl groups is 1. The highest BCUT2D eigenvalue weighted by Crippen LogP contribution is 2.41. The Hall–Kier alpha value is -4.85. The number of anilines is 1. The second-order valence-corrected chi connectivity index (χ2v) is 9.56. The molecule has 1 amide bonds. The van der Waals surface area contributed by atoms with Gasteiger partial charge in [-0.05, 0) is 41.3 Å². The van der Waals surface area contributed by atoms with E-state index in [9.17, 15) is 14.7 Å². The van der Waals surface area contributed by atoms with Crippen LogP contribution in [0, 0.1) is 0 Å². The summed E-state index contributed by atoms with van der Waals surface area (Å²) in [5, 5.41) is 12.9. The number of nitrogens with one attached hydrogen (secondary N) is 1. The van der Waals surface area contributed by atoms with E-state index in [1.165, 1.54) is 10.8 Å². The van der Waals surface area contributed by atoms with Gasteiger partial charge >= 0.3 is 5.69 Å². The normalized spacial score (nSPS) is 12.0. The molecule has 0 fully saturated rings. The van der Waals surface area contributed by atoms with Crippen molar-refractivity contribution in [1.82, 2.24) is 9.55 Å². The summed E-state index contributed by atoms with van der Waals surface area (Å²) in [5.41, 5.74) is 1.62. The number of nitrogens with zero attached hydrogens (tertiary/aromatic N) is 2. The Balaban J connectivity index is 1.57. The van der Waals surface area contributed by atoms with Crippen molar-refractivity contribution in [3.63, 3.8) is 0 Å². The van der Waals surface area contributed by atoms with Gasteiger partial charge in [0.2, 0.25) is 0 Å². The molecule has 2 N–H and O–H groups in total. The molecule has 0 saturated heterocycles. The third kappa shape index (κ3) is 6.01. The first-order chi connectivity index (χ1) is 20.1. The van der Waals surface area contributed by atoms with Gasteiger partial charge in [0.05, 0.1) is 12.6 Å². The zero-order valence-corrected chi connectivity index (χ0v) is 22.5. The minimum absolute atomic E-state index is 0.0407. The van der Waals surface area contributed by atoms with Crippen LogP contribution in [-0.2, 0) is 10.3 Å². The Morgan fingerprint density at radius 3 is 1.76 bits per heavy atom. The van der Waals surface area contributed by atoms with Gasteiger partial charge in [0.15, 0.2) is 0 Å². The van der Waals surface area contributed by atoms with Gasteiger partial charge in [0.1, 0.15) is 11.4 Å². The summed E-state index contributed by atoms with van der Waals surface area (Å²) in [6.07, 6.45) is 1.56. The summed E-state index contributed by atoms with van der Waals surface area (Å²) in [7, 11) is 0. The van der Waals surface area contributed by atoms with Crippen LogP contribution in [0.1, 0.15) is 39.5 Å². The lowest BCUT2D eigenvalue weighted by Crippen LogP contribution is -2.38. The third-order valence-corrected chi connectivity index (χ3v) is 7.02. The molecule has 5 aromatic rings. The average Bonchev–Trinajstić information content (AvgIpc) is 3.03. The first-order valence-electron chi connectivity index (χ1n) is 13.5. The number of hydrogen-bond acceptors (Lipinski definition) is 5. The lowest BCUT2D eigenvalue weighted by Gasteiger charge is -2.37. The maximum Gasteiger partial charge on any atom is 0.349 e. The van der Waals surface area contributed by atoms with Crippen LogP contribution in [0.5, 0.6) is 0 Å². The van der Waals surface area contributed by atoms with Crippen molar-refractivity contribution < 1.29 is 14.6 Å². The molecule has 7 nitrogen and oxygen atoms in total. The summed E-state index contributed by atoms with van der Waals surface area (Å²) >= 11 is 0. The Bertz CT molecular complexity index is 1510. The molecule has 0 aliphatic carbocycles. The van der Waals surface area contributed by atoms with E-state index in [2.05, 4.69) is 10.3 Å². The number of amides is 1. The van der Waals surface area contributed by atoms with Gasteiger partial charge in [-0.15, -0.1) is 0 Å². The number of aliphatic hydroxyl groups excluding tert-OH is 1. The van der Waals surface area contributed by atoms with E-state index in [4.69, 9.17) is 4.74 Å². The van der Waals surface area contributed by atoms with Crippen LogP contribution in [0.2, 0.25) is 0 Å². The SMILES string of the molecule is O=C(Nc1ccnc(=O)n1C(CCO)COC(c1ccccc1)(c1ccccc1)c1ccccc1)c1ccccc1. The zero-order chi connectivity index (χ0) is 28.5. The number of hydrogen-bond donors (Lipinski definition) is 2. The van der Waals surface area contributed by atoms with Crippen LogP contribution in [-0.4, -0.2) is 33.8 Å². The summed E-state index contributed by atoms with van der Waals surface area (Å²) < 4.78 is 8.34. The molecule has 41 heavy (non-hydrogen) atoms. The monoisotopic (exact) mass is 545 g/mol. The van der Waals surface area contributed by atoms with Crippen molar-refractivity contribution in [1.29, 1.82) is 0 Å². The number of rotatable bonds is 11. The van der Waals surface area contributed by atoms with Crippen LogP contribution >= 0.6 is 0 Å². The fraction of sp³-hybridized carbons (Fsp3) is 0.147. The number of ether oxygens (including phenoxy) is 1. The molecular formula is C34H31N3O4. The fourth-order valence-electron chi connectivity index (χ4n) is 5.08. The van der Waals surface area contributed by atoms with Gasteiger partial charge in [0, 0.05) is 18.4 Å². The topological polar surface area (TPSA) is 93.5 Å². The van der Waals surface area contributed by atoms with Gasteiger partial charge in [-0.2, -0.15) is 0 Å². The van der Waals surface area contributed by atoms with E-state index >= 15 is 0 Å². The van der Waals surface area contributed by atoms with Gasteiger partial charge in [0.25, 0.3) is 5.91 Å². The number of carbonyl (C=O) groups excluding carboxylic acids is 1. The van der Waals surface area contributed by atoms with E-state index in [1.807, 2.05) is 97.1 Å². The maximum atomic E-state index is 13.2. The smallest absolute Gasteiger partial charge is 0.349 e. The highest BCUT2D eigenvalue weighted by atomic mass is 16.5. The van der Waals surface area contributed by atoms with Gasteiger partial charge in [-0.3, -0.25) is 9.36 Å². The van der Waals surface area contributed by atoms with E-state index < -0.39 is 17.3 Å². The molecule has 1 atom stereocenters. The van der Waals surface area contributed by atoms with Crippen molar-refractivity contribution in [3.8, 4) is 0 Å². The Morgan fingerprint density at radius 1 is 0.780 bits per heavy atom. The molecule has 0 radical (unpaired) electrons. The molecule has 1 aromatic heterocycles.